The third-order valence-electron chi connectivity index (χ3n) is 5.79. The largest absolute Gasteiger partial charge is 0.357 e. The van der Waals surface area contributed by atoms with Crippen LogP contribution in [0.5, 0.6) is 0 Å². The van der Waals surface area contributed by atoms with Gasteiger partial charge in [0.15, 0.2) is 5.96 Å². The molecule has 0 bridgehead atoms. The Morgan fingerprint density at radius 3 is 2.48 bits per heavy atom. The molecular weight excluding hydrogens is 338 g/mol. The molecule has 1 heterocycles. The first kappa shape index (κ1) is 22.0. The van der Waals surface area contributed by atoms with E-state index in [0.29, 0.717) is 17.9 Å². The second-order valence-corrected chi connectivity index (χ2v) is 8.10. The number of amides is 1. The van der Waals surface area contributed by atoms with Crippen LogP contribution in [0, 0.1) is 5.92 Å². The van der Waals surface area contributed by atoms with Crippen LogP contribution in [0.1, 0.15) is 65.7 Å². The van der Waals surface area contributed by atoms with E-state index in [4.69, 9.17) is 4.99 Å². The van der Waals surface area contributed by atoms with E-state index in [0.717, 1.165) is 64.6 Å². The maximum Gasteiger partial charge on any atom is 0.225 e. The van der Waals surface area contributed by atoms with Gasteiger partial charge < -0.3 is 15.5 Å². The van der Waals surface area contributed by atoms with Crippen molar-refractivity contribution in [2.45, 2.75) is 71.8 Å². The van der Waals surface area contributed by atoms with Crippen LogP contribution in [0.15, 0.2) is 4.99 Å². The molecule has 1 saturated carbocycles. The zero-order valence-electron chi connectivity index (χ0n) is 17.8. The third-order valence-corrected chi connectivity index (χ3v) is 5.79. The van der Waals surface area contributed by atoms with Gasteiger partial charge in [0.1, 0.15) is 0 Å². The molecular formula is C21H41N5O. The van der Waals surface area contributed by atoms with Crippen molar-refractivity contribution in [3.05, 3.63) is 0 Å². The quantitative estimate of drug-likeness (QED) is 0.348. The van der Waals surface area contributed by atoms with Gasteiger partial charge in [0, 0.05) is 51.2 Å². The van der Waals surface area contributed by atoms with Gasteiger partial charge >= 0.3 is 0 Å². The standard InChI is InChI=1S/C21H41N5O/c1-4-6-7-9-18(3)24-21(22-5-2)23-12-13-25-14-16-26(17-15-25)20(27)19-10-8-11-19/h18-19H,4-17H2,1-3H3,(H2,22,23,24). The van der Waals surface area contributed by atoms with Gasteiger partial charge in [-0.2, -0.15) is 0 Å². The second-order valence-electron chi connectivity index (χ2n) is 8.10. The third kappa shape index (κ3) is 7.68. The minimum absolute atomic E-state index is 0.328. The van der Waals surface area contributed by atoms with Crippen molar-refractivity contribution in [2.24, 2.45) is 10.9 Å². The number of hydrogen-bond acceptors (Lipinski definition) is 3. The number of guanidine groups is 1. The number of nitrogens with zero attached hydrogens (tertiary/aromatic N) is 3. The maximum absolute atomic E-state index is 12.3. The molecule has 6 heteroatoms. The van der Waals surface area contributed by atoms with Crippen LogP contribution in [0.2, 0.25) is 0 Å². The fourth-order valence-electron chi connectivity index (χ4n) is 3.73. The van der Waals surface area contributed by atoms with Crippen LogP contribution in [-0.4, -0.2) is 73.5 Å². The van der Waals surface area contributed by atoms with E-state index in [1.54, 1.807) is 0 Å². The van der Waals surface area contributed by atoms with E-state index in [-0.39, 0.29) is 0 Å². The molecule has 0 spiro atoms. The fourth-order valence-corrected chi connectivity index (χ4v) is 3.73. The van der Waals surface area contributed by atoms with Gasteiger partial charge in [0.25, 0.3) is 0 Å². The summed E-state index contributed by atoms with van der Waals surface area (Å²) >= 11 is 0. The minimum atomic E-state index is 0.328. The lowest BCUT2D eigenvalue weighted by Crippen LogP contribution is -2.51. The summed E-state index contributed by atoms with van der Waals surface area (Å²) in [5, 5.41) is 6.89. The summed E-state index contributed by atoms with van der Waals surface area (Å²) in [5.74, 6) is 1.66. The van der Waals surface area contributed by atoms with Crippen LogP contribution in [0.4, 0.5) is 0 Å². The molecule has 2 rings (SSSR count). The topological polar surface area (TPSA) is 60.0 Å². The molecule has 2 N–H and O–H groups in total. The van der Waals surface area contributed by atoms with E-state index in [2.05, 4.69) is 41.2 Å². The number of hydrogen-bond donors (Lipinski definition) is 2. The summed E-state index contributed by atoms with van der Waals surface area (Å²) in [6, 6.07) is 0.454. The van der Waals surface area contributed by atoms with Gasteiger partial charge in [0.2, 0.25) is 5.91 Å². The minimum Gasteiger partial charge on any atom is -0.357 e. The summed E-state index contributed by atoms with van der Waals surface area (Å²) in [7, 11) is 0. The molecule has 2 fully saturated rings. The Bertz CT molecular complexity index is 455. The second kappa shape index (κ2) is 12.2. The number of nitrogens with one attached hydrogen (secondary N) is 2. The molecule has 0 aromatic rings. The molecule has 1 unspecified atom stereocenters. The van der Waals surface area contributed by atoms with Crippen molar-refractivity contribution >= 4 is 11.9 Å². The van der Waals surface area contributed by atoms with Gasteiger partial charge in [-0.15, -0.1) is 0 Å². The molecule has 0 aromatic heterocycles. The van der Waals surface area contributed by atoms with Crippen LogP contribution >= 0.6 is 0 Å². The number of piperazine rings is 1. The number of unbranched alkanes of at least 4 members (excludes halogenated alkanes) is 2. The average Bonchev–Trinajstić information content (AvgIpc) is 2.61. The SMILES string of the molecule is CCCCCC(C)NC(=NCCN1CCN(C(=O)C2CCC2)CC1)NCC. The van der Waals surface area contributed by atoms with E-state index < -0.39 is 0 Å². The molecule has 27 heavy (non-hydrogen) atoms. The Hall–Kier alpha value is -1.30. The van der Waals surface area contributed by atoms with E-state index in [1.165, 1.54) is 32.1 Å². The highest BCUT2D eigenvalue weighted by atomic mass is 16.2. The lowest BCUT2D eigenvalue weighted by molar-refractivity contribution is -0.139. The summed E-state index contributed by atoms with van der Waals surface area (Å²) in [6.45, 7) is 13.0. The molecule has 2 aliphatic rings. The Balaban J connectivity index is 1.66. The summed E-state index contributed by atoms with van der Waals surface area (Å²) < 4.78 is 0. The first-order valence-corrected chi connectivity index (χ1v) is 11.2. The van der Waals surface area contributed by atoms with Crippen LogP contribution < -0.4 is 10.6 Å². The lowest BCUT2D eigenvalue weighted by Gasteiger charge is -2.38. The summed E-state index contributed by atoms with van der Waals surface area (Å²) in [5.41, 5.74) is 0. The number of aliphatic imine (C=N–C) groups is 1. The van der Waals surface area contributed by atoms with Crippen molar-refractivity contribution in [3.63, 3.8) is 0 Å². The van der Waals surface area contributed by atoms with E-state index >= 15 is 0 Å². The zero-order valence-corrected chi connectivity index (χ0v) is 17.8. The van der Waals surface area contributed by atoms with Gasteiger partial charge in [-0.1, -0.05) is 32.6 Å². The van der Waals surface area contributed by atoms with Crippen LogP contribution in [0.3, 0.4) is 0 Å². The van der Waals surface area contributed by atoms with Crippen molar-refractivity contribution < 1.29 is 4.79 Å². The Labute approximate surface area is 166 Å². The Kier molecular flexibility index (Phi) is 9.95. The maximum atomic E-state index is 12.3. The fraction of sp³-hybridized carbons (Fsp3) is 0.905. The van der Waals surface area contributed by atoms with E-state index in [9.17, 15) is 4.79 Å². The normalized spacial score (nSPS) is 20.3. The summed E-state index contributed by atoms with van der Waals surface area (Å²) in [6.07, 6.45) is 8.46. The van der Waals surface area contributed by atoms with Gasteiger partial charge in [-0.25, -0.2) is 0 Å². The number of carbonyl (C=O) groups excluding carboxylic acids is 1. The first-order valence-electron chi connectivity index (χ1n) is 11.2. The Morgan fingerprint density at radius 2 is 1.89 bits per heavy atom. The molecule has 1 atom stereocenters. The average molecular weight is 380 g/mol. The highest BCUT2D eigenvalue weighted by molar-refractivity contribution is 5.80. The summed E-state index contributed by atoms with van der Waals surface area (Å²) in [4.78, 5) is 21.6. The monoisotopic (exact) mass is 379 g/mol. The van der Waals surface area contributed by atoms with Crippen molar-refractivity contribution in [1.82, 2.24) is 20.4 Å². The molecule has 1 saturated heterocycles. The van der Waals surface area contributed by atoms with Crippen LogP contribution in [-0.2, 0) is 4.79 Å². The van der Waals surface area contributed by atoms with E-state index in [1.807, 2.05) is 0 Å². The predicted octanol–water partition coefficient (Wildman–Crippen LogP) is 2.45. The first-order chi connectivity index (χ1) is 13.1. The smallest absolute Gasteiger partial charge is 0.225 e. The molecule has 0 aromatic carbocycles. The van der Waals surface area contributed by atoms with Crippen molar-refractivity contribution in [3.8, 4) is 0 Å². The van der Waals surface area contributed by atoms with Gasteiger partial charge in [-0.05, 0) is 33.1 Å². The predicted molar refractivity (Wildman–Crippen MR) is 113 cm³/mol. The molecule has 1 aliphatic heterocycles. The lowest BCUT2D eigenvalue weighted by atomic mass is 9.84. The molecule has 0 radical (unpaired) electrons. The number of carbonyl (C=O) groups is 1. The molecule has 6 nitrogen and oxygen atoms in total. The highest BCUT2D eigenvalue weighted by Crippen LogP contribution is 2.28. The molecule has 1 aliphatic carbocycles. The van der Waals surface area contributed by atoms with Gasteiger partial charge in [0.05, 0.1) is 6.54 Å². The highest BCUT2D eigenvalue weighted by Gasteiger charge is 2.30. The van der Waals surface area contributed by atoms with Crippen molar-refractivity contribution in [2.75, 3.05) is 45.8 Å². The van der Waals surface area contributed by atoms with Gasteiger partial charge in [-0.3, -0.25) is 14.7 Å². The molecule has 156 valence electrons. The molecule has 1 amide bonds. The van der Waals surface area contributed by atoms with Crippen molar-refractivity contribution in [1.29, 1.82) is 0 Å². The number of rotatable bonds is 10. The zero-order chi connectivity index (χ0) is 19.5. The Morgan fingerprint density at radius 1 is 1.15 bits per heavy atom. The van der Waals surface area contributed by atoms with Crippen LogP contribution in [0.25, 0.3) is 0 Å².